The van der Waals surface area contributed by atoms with Crippen molar-refractivity contribution < 1.29 is 39.6 Å². The van der Waals surface area contributed by atoms with Gasteiger partial charge in [-0.1, -0.05) is 30.3 Å². The van der Waals surface area contributed by atoms with Gasteiger partial charge in [-0.2, -0.15) is 0 Å². The summed E-state index contributed by atoms with van der Waals surface area (Å²) >= 11 is 0. The molecule has 0 unspecified atom stereocenters. The SMILES string of the molecule is O=C(O)/C=C/C(=O)O.O=C(O)/C=C/C(=O)O.c1ccc(CN2CCNCC2)cc1. The molecule has 0 spiro atoms. The highest BCUT2D eigenvalue weighted by atomic mass is 16.4. The Labute approximate surface area is 167 Å². The molecule has 1 aromatic carbocycles. The third-order valence-electron chi connectivity index (χ3n) is 3.20. The molecule has 0 atom stereocenters. The maximum atomic E-state index is 9.55. The zero-order chi connectivity index (χ0) is 22.1. The van der Waals surface area contributed by atoms with Crippen molar-refractivity contribution in [3.8, 4) is 0 Å². The number of piperazine rings is 1. The first-order chi connectivity index (χ1) is 13.7. The quantitative estimate of drug-likeness (QED) is 0.419. The van der Waals surface area contributed by atoms with E-state index < -0.39 is 23.9 Å². The van der Waals surface area contributed by atoms with Gasteiger partial charge in [-0.05, 0) is 5.56 Å². The summed E-state index contributed by atoms with van der Waals surface area (Å²) in [4.78, 5) is 40.7. The minimum Gasteiger partial charge on any atom is -0.478 e. The highest BCUT2D eigenvalue weighted by molar-refractivity contribution is 5.90. The van der Waals surface area contributed by atoms with Gasteiger partial charge in [-0.3, -0.25) is 4.90 Å². The molecule has 1 aromatic rings. The van der Waals surface area contributed by atoms with Gasteiger partial charge in [0.05, 0.1) is 0 Å². The predicted octanol–water partition coefficient (Wildman–Crippen LogP) is 0.515. The zero-order valence-electron chi connectivity index (χ0n) is 15.6. The second-order valence-corrected chi connectivity index (χ2v) is 5.53. The first kappa shape index (κ1) is 25.5. The van der Waals surface area contributed by atoms with Crippen molar-refractivity contribution >= 4 is 23.9 Å². The fourth-order valence-corrected chi connectivity index (χ4v) is 2.00. The molecule has 1 fully saturated rings. The van der Waals surface area contributed by atoms with Crippen LogP contribution in [0.25, 0.3) is 0 Å². The van der Waals surface area contributed by atoms with Gasteiger partial charge in [0, 0.05) is 57.0 Å². The number of hydrogen-bond donors (Lipinski definition) is 5. The summed E-state index contributed by atoms with van der Waals surface area (Å²) in [5.41, 5.74) is 1.42. The van der Waals surface area contributed by atoms with E-state index in [2.05, 4.69) is 40.5 Å². The topological polar surface area (TPSA) is 164 Å². The first-order valence-electron chi connectivity index (χ1n) is 8.45. The maximum absolute atomic E-state index is 9.55. The average molecular weight is 408 g/mol. The van der Waals surface area contributed by atoms with E-state index in [1.807, 2.05) is 0 Å². The number of aliphatic carboxylic acids is 4. The van der Waals surface area contributed by atoms with Crippen LogP contribution < -0.4 is 5.32 Å². The number of nitrogens with zero attached hydrogens (tertiary/aromatic N) is 1. The van der Waals surface area contributed by atoms with Crippen LogP contribution in [0.5, 0.6) is 0 Å². The maximum Gasteiger partial charge on any atom is 0.328 e. The third-order valence-corrected chi connectivity index (χ3v) is 3.20. The summed E-state index contributed by atoms with van der Waals surface area (Å²) in [6, 6.07) is 10.7. The number of carbonyl (C=O) groups is 4. The van der Waals surface area contributed by atoms with E-state index in [9.17, 15) is 19.2 Å². The standard InChI is InChI=1S/C11H16N2.2C4H4O4/c1-2-4-11(5-3-1)10-13-8-6-12-7-9-13;2*5-3(6)1-2-4(7)8/h1-5,12H,6-10H2;2*1-2H,(H,5,6)(H,7,8)/b;2*2-1+. The van der Waals surface area contributed by atoms with E-state index in [1.165, 1.54) is 18.7 Å². The van der Waals surface area contributed by atoms with Crippen LogP contribution in [0.15, 0.2) is 54.6 Å². The molecule has 1 saturated heterocycles. The Morgan fingerprint density at radius 1 is 0.759 bits per heavy atom. The van der Waals surface area contributed by atoms with E-state index in [-0.39, 0.29) is 0 Å². The minimum absolute atomic E-state index is 0.558. The Balaban J connectivity index is 0.000000432. The van der Waals surface area contributed by atoms with Gasteiger partial charge in [-0.15, -0.1) is 0 Å². The predicted molar refractivity (Wildman–Crippen MR) is 103 cm³/mol. The van der Waals surface area contributed by atoms with Crippen molar-refractivity contribution in [2.24, 2.45) is 0 Å². The lowest BCUT2D eigenvalue weighted by molar-refractivity contribution is -0.134. The summed E-state index contributed by atoms with van der Waals surface area (Å²) in [5.74, 6) is -5.03. The van der Waals surface area contributed by atoms with E-state index in [0.29, 0.717) is 24.3 Å². The molecule has 1 aliphatic rings. The Hall–Kier alpha value is -3.50. The molecular formula is C19H24N2O8. The van der Waals surface area contributed by atoms with Crippen molar-refractivity contribution in [2.45, 2.75) is 6.54 Å². The lowest BCUT2D eigenvalue weighted by Gasteiger charge is -2.27. The zero-order valence-corrected chi connectivity index (χ0v) is 15.6. The van der Waals surface area contributed by atoms with Crippen LogP contribution in [0.3, 0.4) is 0 Å². The summed E-state index contributed by atoms with van der Waals surface area (Å²) < 4.78 is 0. The summed E-state index contributed by atoms with van der Waals surface area (Å²) in [6.07, 6.45) is 2.23. The van der Waals surface area contributed by atoms with Crippen molar-refractivity contribution in [1.29, 1.82) is 0 Å². The second kappa shape index (κ2) is 15.5. The van der Waals surface area contributed by atoms with Gasteiger partial charge in [0.15, 0.2) is 0 Å². The molecule has 1 heterocycles. The molecule has 29 heavy (non-hydrogen) atoms. The van der Waals surface area contributed by atoms with Gasteiger partial charge in [-0.25, -0.2) is 19.2 Å². The molecule has 0 bridgehead atoms. The van der Waals surface area contributed by atoms with Crippen LogP contribution in [-0.4, -0.2) is 75.4 Å². The fourth-order valence-electron chi connectivity index (χ4n) is 2.00. The van der Waals surface area contributed by atoms with Crippen LogP contribution in [0.1, 0.15) is 5.56 Å². The number of nitrogens with one attached hydrogen (secondary N) is 1. The number of rotatable bonds is 6. The Morgan fingerprint density at radius 3 is 1.48 bits per heavy atom. The summed E-state index contributed by atoms with van der Waals surface area (Å²) in [6.45, 7) is 5.71. The molecule has 0 aromatic heterocycles. The van der Waals surface area contributed by atoms with Crippen molar-refractivity contribution in [2.75, 3.05) is 26.2 Å². The van der Waals surface area contributed by atoms with Gasteiger partial charge < -0.3 is 25.7 Å². The van der Waals surface area contributed by atoms with Crippen LogP contribution in [-0.2, 0) is 25.7 Å². The minimum atomic E-state index is -1.26. The van der Waals surface area contributed by atoms with E-state index in [0.717, 1.165) is 19.6 Å². The average Bonchev–Trinajstić information content (AvgIpc) is 2.67. The third kappa shape index (κ3) is 17.7. The lowest BCUT2D eigenvalue weighted by Crippen LogP contribution is -2.42. The highest BCUT2D eigenvalue weighted by Gasteiger charge is 2.08. The molecule has 10 nitrogen and oxygen atoms in total. The second-order valence-electron chi connectivity index (χ2n) is 5.53. The van der Waals surface area contributed by atoms with Gasteiger partial charge >= 0.3 is 23.9 Å². The van der Waals surface area contributed by atoms with Gasteiger partial charge in [0.2, 0.25) is 0 Å². The molecular weight excluding hydrogens is 384 g/mol. The monoisotopic (exact) mass is 408 g/mol. The summed E-state index contributed by atoms with van der Waals surface area (Å²) in [5, 5.41) is 34.6. The fraction of sp³-hybridized carbons (Fsp3) is 0.263. The highest BCUT2D eigenvalue weighted by Crippen LogP contribution is 2.04. The molecule has 5 N–H and O–H groups in total. The number of carboxylic acids is 4. The Bertz CT molecular complexity index is 644. The summed E-state index contributed by atoms with van der Waals surface area (Å²) in [7, 11) is 0. The van der Waals surface area contributed by atoms with E-state index >= 15 is 0 Å². The van der Waals surface area contributed by atoms with E-state index in [4.69, 9.17) is 20.4 Å². The molecule has 0 radical (unpaired) electrons. The normalized spacial score (nSPS) is 13.7. The number of carboxylic acid groups (broad SMARTS) is 4. The first-order valence-corrected chi connectivity index (χ1v) is 8.45. The smallest absolute Gasteiger partial charge is 0.328 e. The number of hydrogen-bond acceptors (Lipinski definition) is 6. The van der Waals surface area contributed by atoms with Crippen LogP contribution in [0, 0.1) is 0 Å². The van der Waals surface area contributed by atoms with Gasteiger partial charge in [0.25, 0.3) is 0 Å². The molecule has 0 amide bonds. The van der Waals surface area contributed by atoms with Crippen LogP contribution in [0.2, 0.25) is 0 Å². The lowest BCUT2D eigenvalue weighted by atomic mass is 10.2. The van der Waals surface area contributed by atoms with Crippen molar-refractivity contribution in [3.05, 3.63) is 60.2 Å². The molecule has 10 heteroatoms. The van der Waals surface area contributed by atoms with Gasteiger partial charge in [0.1, 0.15) is 0 Å². The van der Waals surface area contributed by atoms with Crippen molar-refractivity contribution in [1.82, 2.24) is 10.2 Å². The van der Waals surface area contributed by atoms with Crippen LogP contribution >= 0.6 is 0 Å². The molecule has 1 aliphatic heterocycles. The van der Waals surface area contributed by atoms with Crippen LogP contribution in [0.4, 0.5) is 0 Å². The molecule has 2 rings (SSSR count). The largest absolute Gasteiger partial charge is 0.478 e. The van der Waals surface area contributed by atoms with E-state index in [1.54, 1.807) is 0 Å². The molecule has 158 valence electrons. The Morgan fingerprint density at radius 2 is 1.14 bits per heavy atom. The number of benzene rings is 1. The molecule has 0 saturated carbocycles. The molecule has 0 aliphatic carbocycles. The van der Waals surface area contributed by atoms with Crippen molar-refractivity contribution in [3.63, 3.8) is 0 Å². The Kier molecular flexibility index (Phi) is 13.7.